The summed E-state index contributed by atoms with van der Waals surface area (Å²) in [5.41, 5.74) is 1.47. The number of pyridine rings is 1. The first kappa shape index (κ1) is 22.1. The van der Waals surface area contributed by atoms with Gasteiger partial charge in [-0.25, -0.2) is 9.97 Å². The first-order valence-electron chi connectivity index (χ1n) is 11.0. The Balaban J connectivity index is 1.38. The molecule has 0 atom stereocenters. The number of anilines is 1. The molecule has 2 aliphatic rings. The summed E-state index contributed by atoms with van der Waals surface area (Å²) in [7, 11) is 0. The summed E-state index contributed by atoms with van der Waals surface area (Å²) in [6.07, 6.45) is 5.26. The molecule has 0 spiro atoms. The average molecular weight is 465 g/mol. The maximum Gasteiger partial charge on any atom is 0.416 e. The maximum atomic E-state index is 12.8. The Morgan fingerprint density at radius 1 is 0.941 bits per heavy atom. The molecule has 2 aromatic heterocycles. The largest absolute Gasteiger partial charge is 0.443 e. The molecule has 3 heterocycles. The summed E-state index contributed by atoms with van der Waals surface area (Å²) >= 11 is 0. The van der Waals surface area contributed by atoms with Crippen LogP contribution in [0.5, 0.6) is 5.88 Å². The van der Waals surface area contributed by atoms with Crippen LogP contribution in [0.25, 0.3) is 23.4 Å². The summed E-state index contributed by atoms with van der Waals surface area (Å²) < 4.78 is 44.5. The van der Waals surface area contributed by atoms with Crippen LogP contribution in [-0.4, -0.2) is 41.1 Å². The number of aromatic nitrogens is 3. The first-order valence-corrected chi connectivity index (χ1v) is 11.0. The monoisotopic (exact) mass is 465 g/mol. The molecule has 6 nitrogen and oxygen atoms in total. The number of halogens is 3. The third-order valence-corrected chi connectivity index (χ3v) is 5.77. The fourth-order valence-corrected chi connectivity index (χ4v) is 4.03. The van der Waals surface area contributed by atoms with E-state index in [0.717, 1.165) is 54.6 Å². The maximum absolute atomic E-state index is 12.8. The van der Waals surface area contributed by atoms with Gasteiger partial charge in [-0.3, -0.25) is 4.98 Å². The Labute approximate surface area is 194 Å². The lowest BCUT2D eigenvalue weighted by molar-refractivity contribution is -0.137. The number of nitrogens with one attached hydrogen (secondary N) is 1. The summed E-state index contributed by atoms with van der Waals surface area (Å²) in [5.74, 6) is 1.00. The van der Waals surface area contributed by atoms with Gasteiger partial charge in [0.25, 0.3) is 0 Å². The predicted molar refractivity (Wildman–Crippen MR) is 123 cm³/mol. The summed E-state index contributed by atoms with van der Waals surface area (Å²) in [6.45, 7) is 3.76. The molecule has 1 fully saturated rings. The van der Waals surface area contributed by atoms with Crippen LogP contribution in [-0.2, 0) is 6.18 Å². The lowest BCUT2D eigenvalue weighted by Gasteiger charge is -2.29. The van der Waals surface area contributed by atoms with Crippen LogP contribution in [0, 0.1) is 0 Å². The lowest BCUT2D eigenvalue weighted by Crippen LogP contribution is -2.47. The van der Waals surface area contributed by atoms with Gasteiger partial charge in [0.05, 0.1) is 16.6 Å². The third-order valence-electron chi connectivity index (χ3n) is 5.77. The van der Waals surface area contributed by atoms with Crippen molar-refractivity contribution < 1.29 is 17.9 Å². The molecule has 1 aliphatic carbocycles. The fraction of sp³-hybridized carbons (Fsp3) is 0.240. The topological polar surface area (TPSA) is 63.2 Å². The van der Waals surface area contributed by atoms with Crippen molar-refractivity contribution in [2.75, 3.05) is 31.1 Å². The van der Waals surface area contributed by atoms with Gasteiger partial charge in [0.15, 0.2) is 0 Å². The Bertz CT molecular complexity index is 1330. The highest BCUT2D eigenvalue weighted by Crippen LogP contribution is 2.31. The first-order chi connectivity index (χ1) is 16.5. The number of hydrogen-bond donors (Lipinski definition) is 1. The van der Waals surface area contributed by atoms with Crippen molar-refractivity contribution in [3.63, 3.8) is 0 Å². The number of fused-ring (bicyclic) bond motifs is 1. The van der Waals surface area contributed by atoms with Crippen LogP contribution >= 0.6 is 0 Å². The molecular weight excluding hydrogens is 443 g/mol. The van der Waals surface area contributed by atoms with Crippen molar-refractivity contribution in [3.8, 4) is 17.1 Å². The van der Waals surface area contributed by atoms with E-state index < -0.39 is 11.7 Å². The number of allylic oxidation sites excluding steroid dienone is 2. The number of ether oxygens (including phenoxy) is 1. The number of nitrogens with zero attached hydrogens (tertiary/aromatic N) is 4. The summed E-state index contributed by atoms with van der Waals surface area (Å²) in [6, 6.07) is 8.51. The van der Waals surface area contributed by atoms with Gasteiger partial charge in [-0.15, -0.1) is 0 Å². The second-order valence-corrected chi connectivity index (χ2v) is 7.99. The molecule has 1 aromatic carbocycles. The van der Waals surface area contributed by atoms with Crippen molar-refractivity contribution in [3.05, 3.63) is 76.9 Å². The van der Waals surface area contributed by atoms with Crippen molar-refractivity contribution >= 4 is 17.8 Å². The van der Waals surface area contributed by atoms with Gasteiger partial charge in [-0.05, 0) is 30.4 Å². The highest BCUT2D eigenvalue weighted by molar-refractivity contribution is 5.61. The molecule has 0 unspecified atom stereocenters. The standard InChI is InChI=1S/C25H22F3N5O/c26-25(27,28)18-3-1-17(2-4-18)22-15-24(32-16-31-22)34-19-5-7-20-21(8-6-19)30-10-9-23(20)33-13-11-29-12-14-33/h1-5,7-10,15-16,29H,6,11-14H2. The van der Waals surface area contributed by atoms with E-state index in [0.29, 0.717) is 29.3 Å². The molecule has 0 radical (unpaired) electrons. The molecule has 0 bridgehead atoms. The molecular formula is C25H22F3N5O. The van der Waals surface area contributed by atoms with Crippen molar-refractivity contribution in [2.45, 2.75) is 12.6 Å². The number of rotatable bonds is 4. The minimum absolute atomic E-state index is 0.319. The predicted octanol–water partition coefficient (Wildman–Crippen LogP) is 2.89. The van der Waals surface area contributed by atoms with E-state index in [1.165, 1.54) is 18.5 Å². The zero-order valence-electron chi connectivity index (χ0n) is 18.2. The molecule has 9 heteroatoms. The van der Waals surface area contributed by atoms with E-state index in [4.69, 9.17) is 4.74 Å². The zero-order chi connectivity index (χ0) is 23.5. The van der Waals surface area contributed by atoms with E-state index in [-0.39, 0.29) is 0 Å². The van der Waals surface area contributed by atoms with E-state index >= 15 is 0 Å². The summed E-state index contributed by atoms with van der Waals surface area (Å²) in [5, 5.41) is 5.32. The van der Waals surface area contributed by atoms with Gasteiger partial charge in [0, 0.05) is 61.3 Å². The molecule has 1 saturated heterocycles. The Morgan fingerprint density at radius 2 is 1.74 bits per heavy atom. The van der Waals surface area contributed by atoms with Gasteiger partial charge in [0.2, 0.25) is 5.88 Å². The van der Waals surface area contributed by atoms with Gasteiger partial charge in [0.1, 0.15) is 12.1 Å². The molecule has 1 aliphatic heterocycles. The number of alkyl halides is 3. The SMILES string of the molecule is FC(F)(F)c1ccc(-c2cc(OC3=CC=c4c(N5CCNCC5)ccnc4=CC3)ncn2)cc1. The molecule has 3 aromatic rings. The fourth-order valence-electron chi connectivity index (χ4n) is 4.03. The van der Waals surface area contributed by atoms with Crippen LogP contribution in [0.2, 0.25) is 0 Å². The van der Waals surface area contributed by atoms with Crippen molar-refractivity contribution in [1.82, 2.24) is 20.3 Å². The second kappa shape index (κ2) is 9.26. The minimum Gasteiger partial charge on any atom is -0.443 e. The van der Waals surface area contributed by atoms with E-state index in [1.807, 2.05) is 30.5 Å². The van der Waals surface area contributed by atoms with Crippen molar-refractivity contribution in [2.24, 2.45) is 0 Å². The Hall–Kier alpha value is -3.72. The van der Waals surface area contributed by atoms with Crippen molar-refractivity contribution in [1.29, 1.82) is 0 Å². The van der Waals surface area contributed by atoms with Crippen LogP contribution in [0.4, 0.5) is 18.9 Å². The van der Waals surface area contributed by atoms with Gasteiger partial charge >= 0.3 is 6.18 Å². The van der Waals surface area contributed by atoms with Crippen LogP contribution in [0.3, 0.4) is 0 Å². The number of hydrogen-bond acceptors (Lipinski definition) is 6. The second-order valence-electron chi connectivity index (χ2n) is 7.99. The van der Waals surface area contributed by atoms with Crippen LogP contribution in [0.1, 0.15) is 12.0 Å². The molecule has 0 saturated carbocycles. The highest BCUT2D eigenvalue weighted by atomic mass is 19.4. The van der Waals surface area contributed by atoms with Gasteiger partial charge in [-0.1, -0.05) is 18.2 Å². The Kier molecular flexibility index (Phi) is 6.02. The average Bonchev–Trinajstić information content (AvgIpc) is 3.07. The molecule has 1 N–H and O–H groups in total. The quantitative estimate of drug-likeness (QED) is 0.640. The number of piperazine rings is 1. The van der Waals surface area contributed by atoms with E-state index in [1.54, 1.807) is 6.07 Å². The molecule has 174 valence electrons. The Morgan fingerprint density at radius 3 is 2.50 bits per heavy atom. The van der Waals surface area contributed by atoms with Crippen LogP contribution < -0.4 is 25.5 Å². The lowest BCUT2D eigenvalue weighted by atomic mass is 10.1. The smallest absolute Gasteiger partial charge is 0.416 e. The molecule has 34 heavy (non-hydrogen) atoms. The zero-order valence-corrected chi connectivity index (χ0v) is 18.2. The normalized spacial score (nSPS) is 16.0. The van der Waals surface area contributed by atoms with Crippen LogP contribution in [0.15, 0.2) is 60.8 Å². The minimum atomic E-state index is -4.38. The molecule has 0 amide bonds. The van der Waals surface area contributed by atoms with Gasteiger partial charge in [-0.2, -0.15) is 13.2 Å². The number of benzene rings is 1. The molecule has 5 rings (SSSR count). The van der Waals surface area contributed by atoms with Gasteiger partial charge < -0.3 is 15.0 Å². The summed E-state index contributed by atoms with van der Waals surface area (Å²) in [4.78, 5) is 15.2. The van der Waals surface area contributed by atoms with E-state index in [2.05, 4.69) is 25.2 Å². The third kappa shape index (κ3) is 4.79. The highest BCUT2D eigenvalue weighted by Gasteiger charge is 2.30. The van der Waals surface area contributed by atoms with E-state index in [9.17, 15) is 13.2 Å².